The molecule has 4 heterocycles. The van der Waals surface area contributed by atoms with Gasteiger partial charge in [-0.3, -0.25) is 9.59 Å². The summed E-state index contributed by atoms with van der Waals surface area (Å²) in [6, 6.07) is 16.3. The van der Waals surface area contributed by atoms with Crippen molar-refractivity contribution < 1.29 is 41.4 Å². The fraction of sp³-hybridized carbons (Fsp3) is 0.387. The molecule has 0 radical (unpaired) electrons. The number of amides is 2. The largest absolute Gasteiger partial charge is 0.697 e. The minimum Gasteiger partial charge on any atom is -0.338 e. The van der Waals surface area contributed by atoms with Gasteiger partial charge in [-0.25, -0.2) is 0 Å². The number of benzene rings is 2. The maximum Gasteiger partial charge on any atom is 0.697 e. The van der Waals surface area contributed by atoms with E-state index in [4.69, 9.17) is 18.1 Å². The van der Waals surface area contributed by atoms with Crippen molar-refractivity contribution in [1.82, 2.24) is 9.80 Å². The molecule has 16 heteroatoms. The van der Waals surface area contributed by atoms with E-state index in [0.717, 1.165) is 30.8 Å². The molecule has 2 amide bonds. The van der Waals surface area contributed by atoms with Crippen LogP contribution in [0.3, 0.4) is 0 Å². The summed E-state index contributed by atoms with van der Waals surface area (Å²) < 4.78 is 46.7. The highest BCUT2D eigenvalue weighted by molar-refractivity contribution is 8.03. The summed E-state index contributed by atoms with van der Waals surface area (Å²) >= 11 is 3.32. The topological polar surface area (TPSA) is 119 Å². The molecule has 2 saturated heterocycles. The minimum atomic E-state index is -2.11. The molecule has 0 bridgehead atoms. The van der Waals surface area contributed by atoms with E-state index in [1.54, 1.807) is 32.9 Å². The van der Waals surface area contributed by atoms with Crippen LogP contribution in [0.4, 0.5) is 5.69 Å². The van der Waals surface area contributed by atoms with Crippen LogP contribution in [0.5, 0.6) is 0 Å². The number of hydrogen-bond acceptors (Lipinski definition) is 11. The van der Waals surface area contributed by atoms with Gasteiger partial charge in [-0.1, -0.05) is 53.4 Å². The summed E-state index contributed by atoms with van der Waals surface area (Å²) in [5.74, 6) is -0.0172. The number of carbonyl (C=O) groups is 2. The highest BCUT2D eigenvalue weighted by Gasteiger charge is 2.30. The van der Waals surface area contributed by atoms with Crippen LogP contribution in [0, 0.1) is 0 Å². The first-order valence-electron chi connectivity index (χ1n) is 15.3. The fourth-order valence-corrected chi connectivity index (χ4v) is 8.73. The quantitative estimate of drug-likeness (QED) is 0.218. The maximum absolute atomic E-state index is 13.1. The monoisotopic (exact) mass is 717 g/mol. The van der Waals surface area contributed by atoms with E-state index in [2.05, 4.69) is 45.9 Å². The second-order valence-corrected chi connectivity index (χ2v) is 14.7. The molecule has 0 N–H and O–H groups in total. The van der Waals surface area contributed by atoms with Crippen molar-refractivity contribution in [2.24, 2.45) is 0 Å². The molecular weight excluding hydrogens is 682 g/mol. The van der Waals surface area contributed by atoms with Crippen LogP contribution in [-0.2, 0) is 43.4 Å². The van der Waals surface area contributed by atoms with E-state index in [1.807, 2.05) is 30.3 Å². The van der Waals surface area contributed by atoms with Gasteiger partial charge in [0.15, 0.2) is 6.54 Å². The van der Waals surface area contributed by atoms with Crippen LogP contribution in [0.15, 0.2) is 70.6 Å². The van der Waals surface area contributed by atoms with Gasteiger partial charge < -0.3 is 14.7 Å². The molecule has 47 heavy (non-hydrogen) atoms. The van der Waals surface area contributed by atoms with E-state index < -0.39 is 16.5 Å². The zero-order valence-electron chi connectivity index (χ0n) is 25.6. The van der Waals surface area contributed by atoms with Crippen LogP contribution in [0.1, 0.15) is 17.8 Å². The molecule has 0 unspecified atom stereocenters. The molecule has 2 fully saturated rings. The normalized spacial score (nSPS) is 18.8. The minimum absolute atomic E-state index is 0.00860. The van der Waals surface area contributed by atoms with E-state index >= 15 is 0 Å². The molecule has 1 aromatic heterocycles. The predicted molar refractivity (Wildman–Crippen MR) is 180 cm³/mol. The lowest BCUT2D eigenvalue weighted by Gasteiger charge is -2.24. The van der Waals surface area contributed by atoms with Gasteiger partial charge >= 0.3 is 16.5 Å². The number of para-hydroxylation sites is 2. The van der Waals surface area contributed by atoms with Gasteiger partial charge in [0, 0.05) is 65.3 Å². The Morgan fingerprint density at radius 1 is 0.809 bits per heavy atom. The number of anilines is 1. The van der Waals surface area contributed by atoms with Crippen LogP contribution < -0.4 is 9.47 Å². The lowest BCUT2D eigenvalue weighted by atomic mass is 10.2. The Bertz CT molecular complexity index is 1690. The van der Waals surface area contributed by atoms with Crippen LogP contribution in [-0.4, -0.2) is 80.8 Å². The predicted octanol–water partition coefficient (Wildman–Crippen LogP) is 5.50. The van der Waals surface area contributed by atoms with Crippen LogP contribution >= 0.6 is 39.6 Å². The second kappa shape index (κ2) is 16.4. The first-order chi connectivity index (χ1) is 23.0. The standard InChI is InChI=1S/C31H35N4O8P2S2/c36-28(32-16-20-40-44(38)41-21-17-32)12-14-34-24-6-1-3-8-26(24)46-30(34)10-5-11-31-35(25-7-2-4-9-27(25)47-31)15-13-29(37)33-18-22-42-45(39)43-23-19-33/h1-11H,12-23H2/q+3. The number of allylic oxidation sites excluding steroid dienone is 2. The third-order valence-corrected chi connectivity index (χ3v) is 11.6. The molecule has 3 aromatic rings. The number of fused-ring (bicyclic) bond motifs is 2. The van der Waals surface area contributed by atoms with Crippen molar-refractivity contribution in [3.05, 3.63) is 70.7 Å². The number of carbonyl (C=O) groups excluding carboxylic acids is 2. The molecule has 2 aromatic carbocycles. The molecule has 3 aliphatic rings. The molecule has 0 spiro atoms. The van der Waals surface area contributed by atoms with Crippen molar-refractivity contribution in [1.29, 1.82) is 0 Å². The van der Waals surface area contributed by atoms with E-state index in [1.165, 1.54) is 0 Å². The Labute approximate surface area is 282 Å². The van der Waals surface area contributed by atoms with Crippen molar-refractivity contribution in [2.45, 2.75) is 24.3 Å². The molecule has 0 atom stereocenters. The third-order valence-electron chi connectivity index (χ3n) is 7.79. The first kappa shape index (κ1) is 33.8. The molecule has 3 aliphatic heterocycles. The second-order valence-electron chi connectivity index (χ2n) is 10.7. The number of thiazole rings is 1. The lowest BCUT2D eigenvalue weighted by molar-refractivity contribution is -0.667. The molecule has 0 aliphatic carbocycles. The van der Waals surface area contributed by atoms with Gasteiger partial charge in [-0.2, -0.15) is 4.57 Å². The summed E-state index contributed by atoms with van der Waals surface area (Å²) in [6.45, 7) is 3.23. The number of thioether (sulfide) groups is 1. The molecule has 0 saturated carbocycles. The van der Waals surface area contributed by atoms with Gasteiger partial charge in [0.05, 0.1) is 17.1 Å². The number of nitrogens with zero attached hydrogens (tertiary/aromatic N) is 4. The van der Waals surface area contributed by atoms with Crippen molar-refractivity contribution >= 4 is 73.4 Å². The van der Waals surface area contributed by atoms with Crippen molar-refractivity contribution in [3.63, 3.8) is 0 Å². The van der Waals surface area contributed by atoms with Gasteiger partial charge in [-0.15, -0.1) is 18.1 Å². The Hall–Kier alpha value is -3.06. The van der Waals surface area contributed by atoms with Gasteiger partial charge in [-0.05, 0) is 24.3 Å². The highest BCUT2D eigenvalue weighted by Crippen LogP contribution is 2.45. The average molecular weight is 718 g/mol. The number of aromatic nitrogens is 1. The lowest BCUT2D eigenvalue weighted by Crippen LogP contribution is -2.41. The zero-order chi connectivity index (χ0) is 32.6. The Kier molecular flexibility index (Phi) is 11.8. The SMILES string of the molecule is O=C(CCN1/C(=C\C=C\c2sc3ccccc3[n+]2CCC(=O)N2CCO[P+](=O)OCC2)Sc2ccccc21)N1CCO[P+](=O)OCC1. The number of aryl methyl sites for hydroxylation is 1. The number of hydrogen-bond donors (Lipinski definition) is 0. The summed E-state index contributed by atoms with van der Waals surface area (Å²) in [4.78, 5) is 32.9. The Morgan fingerprint density at radius 3 is 2.09 bits per heavy atom. The summed E-state index contributed by atoms with van der Waals surface area (Å²) in [7, 11) is -4.23. The van der Waals surface area contributed by atoms with Crippen molar-refractivity contribution in [2.75, 3.05) is 64.1 Å². The molecule has 12 nitrogen and oxygen atoms in total. The van der Waals surface area contributed by atoms with Crippen LogP contribution in [0.2, 0.25) is 0 Å². The smallest absolute Gasteiger partial charge is 0.338 e. The average Bonchev–Trinajstić information content (AvgIpc) is 3.59. The highest BCUT2D eigenvalue weighted by atomic mass is 32.2. The summed E-state index contributed by atoms with van der Waals surface area (Å²) in [5.41, 5.74) is 2.12. The van der Waals surface area contributed by atoms with E-state index in [0.29, 0.717) is 52.1 Å². The molecule has 6 rings (SSSR count). The van der Waals surface area contributed by atoms with Crippen molar-refractivity contribution in [3.8, 4) is 0 Å². The van der Waals surface area contributed by atoms with E-state index in [-0.39, 0.29) is 38.2 Å². The van der Waals surface area contributed by atoms with E-state index in [9.17, 15) is 18.7 Å². The molecule has 246 valence electrons. The van der Waals surface area contributed by atoms with Gasteiger partial charge in [0.2, 0.25) is 17.3 Å². The van der Waals surface area contributed by atoms with Gasteiger partial charge in [0.25, 0.3) is 5.01 Å². The maximum atomic E-state index is 13.1. The Morgan fingerprint density at radius 2 is 1.40 bits per heavy atom. The third kappa shape index (κ3) is 8.70. The Balaban J connectivity index is 1.15. The molecular formula is C31H35N4O8P2S2+3. The van der Waals surface area contributed by atoms with Crippen LogP contribution in [0.25, 0.3) is 16.3 Å². The fourth-order valence-electron chi connectivity index (χ4n) is 5.46. The van der Waals surface area contributed by atoms with Gasteiger partial charge in [0.1, 0.15) is 31.1 Å². The summed E-state index contributed by atoms with van der Waals surface area (Å²) in [5, 5.41) is 2.02. The zero-order valence-corrected chi connectivity index (χ0v) is 29.0. The summed E-state index contributed by atoms with van der Waals surface area (Å²) in [6.07, 6.45) is 6.76. The first-order valence-corrected chi connectivity index (χ1v) is 19.1. The number of rotatable bonds is 8.